The zero-order valence-electron chi connectivity index (χ0n) is 18.1. The van der Waals surface area contributed by atoms with E-state index < -0.39 is 6.23 Å². The van der Waals surface area contributed by atoms with E-state index in [1.165, 1.54) is 36.8 Å². The molecule has 2 heterocycles. The summed E-state index contributed by atoms with van der Waals surface area (Å²) < 4.78 is 0. The second-order valence-electron chi connectivity index (χ2n) is 10.3. The van der Waals surface area contributed by atoms with Gasteiger partial charge in [0, 0.05) is 36.7 Å². The van der Waals surface area contributed by atoms with Gasteiger partial charge in [-0.1, -0.05) is 31.9 Å². The van der Waals surface area contributed by atoms with Gasteiger partial charge in [-0.15, -0.1) is 0 Å². The van der Waals surface area contributed by atoms with Gasteiger partial charge in [0.2, 0.25) is 5.91 Å². The Kier molecular flexibility index (Phi) is 5.53. The van der Waals surface area contributed by atoms with Crippen LogP contribution in [0.15, 0.2) is 18.2 Å². The molecule has 0 aromatic heterocycles. The molecule has 1 amide bonds. The van der Waals surface area contributed by atoms with E-state index in [0.717, 1.165) is 30.9 Å². The fourth-order valence-electron chi connectivity index (χ4n) is 6.68. The molecular formula is C25H36N2O3. The second-order valence-corrected chi connectivity index (χ2v) is 10.3. The molecule has 164 valence electrons. The number of rotatable bonds is 6. The maximum absolute atomic E-state index is 13.5. The highest BCUT2D eigenvalue weighted by atomic mass is 16.3. The Morgan fingerprint density at radius 3 is 2.83 bits per heavy atom. The Balaban J connectivity index is 1.35. The Hall–Kier alpha value is -1.59. The molecule has 2 aliphatic heterocycles. The van der Waals surface area contributed by atoms with E-state index in [2.05, 4.69) is 35.3 Å². The van der Waals surface area contributed by atoms with Gasteiger partial charge in [-0.2, -0.15) is 0 Å². The van der Waals surface area contributed by atoms with Gasteiger partial charge in [-0.25, -0.2) is 0 Å². The Morgan fingerprint density at radius 2 is 2.07 bits per heavy atom. The molecule has 2 saturated carbocycles. The third kappa shape index (κ3) is 3.64. The summed E-state index contributed by atoms with van der Waals surface area (Å²) in [5.74, 6) is 1.58. The van der Waals surface area contributed by atoms with Crippen LogP contribution in [-0.4, -0.2) is 45.9 Å². The van der Waals surface area contributed by atoms with Crippen molar-refractivity contribution >= 4 is 11.6 Å². The number of anilines is 1. The number of likely N-dealkylation sites (tertiary alicyclic amines) is 1. The minimum Gasteiger partial charge on any atom is -0.396 e. The van der Waals surface area contributed by atoms with Crippen molar-refractivity contribution in [1.82, 2.24) is 4.90 Å². The summed E-state index contributed by atoms with van der Waals surface area (Å²) in [6, 6.07) is 6.87. The highest BCUT2D eigenvalue weighted by molar-refractivity contribution is 5.78. The first-order valence-electron chi connectivity index (χ1n) is 12.1. The summed E-state index contributed by atoms with van der Waals surface area (Å²) >= 11 is 0. The van der Waals surface area contributed by atoms with Crippen molar-refractivity contribution in [2.75, 3.05) is 11.9 Å². The lowest BCUT2D eigenvalue weighted by Gasteiger charge is -2.48. The molecule has 3 N–H and O–H groups in total. The molecule has 1 aromatic rings. The van der Waals surface area contributed by atoms with Gasteiger partial charge < -0.3 is 20.4 Å². The number of aliphatic hydroxyl groups is 2. The van der Waals surface area contributed by atoms with Crippen molar-refractivity contribution in [3.05, 3.63) is 29.3 Å². The molecule has 0 spiro atoms. The quantitative estimate of drug-likeness (QED) is 0.661. The number of fused-ring (bicyclic) bond motifs is 3. The molecular weight excluding hydrogens is 376 g/mol. The van der Waals surface area contributed by atoms with E-state index >= 15 is 0 Å². The minimum absolute atomic E-state index is 0.0408. The maximum atomic E-state index is 13.5. The molecule has 1 saturated heterocycles. The molecule has 5 rings (SSSR count). The zero-order chi connectivity index (χ0) is 20.8. The van der Waals surface area contributed by atoms with Crippen LogP contribution in [0.2, 0.25) is 0 Å². The summed E-state index contributed by atoms with van der Waals surface area (Å²) in [5, 5.41) is 23.7. The average Bonchev–Trinajstić information content (AvgIpc) is 3.49. The maximum Gasteiger partial charge on any atom is 0.223 e. The van der Waals surface area contributed by atoms with Crippen LogP contribution in [-0.2, 0) is 4.79 Å². The van der Waals surface area contributed by atoms with E-state index in [-0.39, 0.29) is 30.4 Å². The van der Waals surface area contributed by atoms with Crippen LogP contribution < -0.4 is 5.32 Å². The van der Waals surface area contributed by atoms with Crippen LogP contribution in [0.4, 0.5) is 5.69 Å². The molecule has 5 heteroatoms. The number of piperidine rings is 1. The largest absolute Gasteiger partial charge is 0.396 e. The molecule has 3 fully saturated rings. The molecule has 5 nitrogen and oxygen atoms in total. The number of nitrogens with one attached hydrogen (secondary N) is 1. The molecule has 1 aromatic carbocycles. The highest BCUT2D eigenvalue weighted by Crippen LogP contribution is 2.50. The van der Waals surface area contributed by atoms with Crippen LogP contribution in [0, 0.1) is 11.8 Å². The van der Waals surface area contributed by atoms with Crippen LogP contribution >= 0.6 is 0 Å². The number of nitrogens with zero attached hydrogens (tertiary/aromatic N) is 1. The first-order valence-corrected chi connectivity index (χ1v) is 12.1. The van der Waals surface area contributed by atoms with Gasteiger partial charge in [-0.3, -0.25) is 4.79 Å². The van der Waals surface area contributed by atoms with Crippen LogP contribution in [0.5, 0.6) is 0 Å². The molecule has 6 unspecified atom stereocenters. The summed E-state index contributed by atoms with van der Waals surface area (Å²) in [7, 11) is 0. The SMILES string of the molecule is CC(CC(=O)N1C(CCO)CC2CCCC1C2)C1c2c(cccc2C2CC2)NC1O. The summed E-state index contributed by atoms with van der Waals surface area (Å²) in [5.41, 5.74) is 3.66. The first kappa shape index (κ1) is 20.3. The summed E-state index contributed by atoms with van der Waals surface area (Å²) in [6.07, 6.45) is 8.74. The minimum atomic E-state index is -0.628. The molecule has 2 bridgehead atoms. The third-order valence-electron chi connectivity index (χ3n) is 8.14. The predicted octanol–water partition coefficient (Wildman–Crippen LogP) is 3.96. The van der Waals surface area contributed by atoms with Gasteiger partial charge in [0.05, 0.1) is 0 Å². The van der Waals surface area contributed by atoms with E-state index in [0.29, 0.717) is 24.8 Å². The monoisotopic (exact) mass is 412 g/mol. The van der Waals surface area contributed by atoms with E-state index in [1.54, 1.807) is 0 Å². The van der Waals surface area contributed by atoms with E-state index in [4.69, 9.17) is 0 Å². The number of benzene rings is 1. The molecule has 2 aliphatic carbocycles. The summed E-state index contributed by atoms with van der Waals surface area (Å²) in [4.78, 5) is 15.7. The van der Waals surface area contributed by atoms with Crippen LogP contribution in [0.3, 0.4) is 0 Å². The molecule has 4 aliphatic rings. The van der Waals surface area contributed by atoms with Gasteiger partial charge in [0.1, 0.15) is 6.23 Å². The summed E-state index contributed by atoms with van der Waals surface area (Å²) in [6.45, 7) is 2.27. The lowest BCUT2D eigenvalue weighted by Crippen LogP contribution is -2.54. The second kappa shape index (κ2) is 8.16. The number of hydrogen-bond donors (Lipinski definition) is 3. The number of carbonyl (C=O) groups is 1. The van der Waals surface area contributed by atoms with Crippen molar-refractivity contribution < 1.29 is 15.0 Å². The zero-order valence-corrected chi connectivity index (χ0v) is 18.1. The van der Waals surface area contributed by atoms with Gasteiger partial charge in [0.15, 0.2) is 0 Å². The third-order valence-corrected chi connectivity index (χ3v) is 8.14. The van der Waals surface area contributed by atoms with Crippen molar-refractivity contribution in [3.63, 3.8) is 0 Å². The Morgan fingerprint density at radius 1 is 1.23 bits per heavy atom. The van der Waals surface area contributed by atoms with E-state index in [9.17, 15) is 15.0 Å². The molecule has 6 atom stereocenters. The lowest BCUT2D eigenvalue weighted by atomic mass is 9.75. The van der Waals surface area contributed by atoms with Gasteiger partial charge in [-0.05, 0) is 73.5 Å². The first-order chi connectivity index (χ1) is 14.6. The highest BCUT2D eigenvalue weighted by Gasteiger charge is 2.43. The van der Waals surface area contributed by atoms with Crippen molar-refractivity contribution in [3.8, 4) is 0 Å². The standard InChI is InChI=1S/C25H36N2O3/c1-15(23-24-20(17-8-9-17)6-3-7-21(24)26-25(23)30)12-22(29)27-18-5-2-4-16(13-18)14-19(27)10-11-28/h3,6-7,15-19,23,25-26,28,30H,2,4-5,8-14H2,1H3. The smallest absolute Gasteiger partial charge is 0.223 e. The topological polar surface area (TPSA) is 72.8 Å². The molecule has 30 heavy (non-hydrogen) atoms. The van der Waals surface area contributed by atoms with Crippen molar-refractivity contribution in [2.24, 2.45) is 11.8 Å². The number of carbonyl (C=O) groups excluding carboxylic acids is 1. The normalized spacial score (nSPS) is 33.7. The van der Waals surface area contributed by atoms with Crippen LogP contribution in [0.25, 0.3) is 0 Å². The fourth-order valence-corrected chi connectivity index (χ4v) is 6.68. The number of hydrogen-bond acceptors (Lipinski definition) is 4. The predicted molar refractivity (Wildman–Crippen MR) is 117 cm³/mol. The van der Waals surface area contributed by atoms with Crippen LogP contribution in [0.1, 0.15) is 87.7 Å². The Labute approximate surface area is 179 Å². The molecule has 0 radical (unpaired) electrons. The van der Waals surface area contributed by atoms with Crippen molar-refractivity contribution in [1.29, 1.82) is 0 Å². The van der Waals surface area contributed by atoms with Gasteiger partial charge in [0.25, 0.3) is 0 Å². The number of amides is 1. The van der Waals surface area contributed by atoms with Crippen molar-refractivity contribution in [2.45, 2.75) is 94.9 Å². The Bertz CT molecular complexity index is 793. The number of aliphatic hydroxyl groups excluding tert-OH is 2. The van der Waals surface area contributed by atoms with E-state index in [1.807, 2.05) is 0 Å². The average molecular weight is 413 g/mol. The van der Waals surface area contributed by atoms with Gasteiger partial charge >= 0.3 is 0 Å². The lowest BCUT2D eigenvalue weighted by molar-refractivity contribution is -0.142. The fraction of sp³-hybridized carbons (Fsp3) is 0.720.